The van der Waals surface area contributed by atoms with Crippen molar-refractivity contribution in [3.05, 3.63) is 29.8 Å². The molecule has 71 valence electrons. The third-order valence-corrected chi connectivity index (χ3v) is 2.30. The van der Waals surface area contributed by atoms with E-state index in [2.05, 4.69) is 17.0 Å². The molecule has 0 N–H and O–H groups in total. The number of nitrogens with zero attached hydrogens (tertiary/aromatic N) is 2. The lowest BCUT2D eigenvalue weighted by Crippen LogP contribution is -2.36. The molecule has 3 heteroatoms. The summed E-state index contributed by atoms with van der Waals surface area (Å²) in [7, 11) is 0. The molecule has 0 aliphatic carbocycles. The Morgan fingerprint density at radius 3 is 2.93 bits per heavy atom. The molecule has 1 aromatic rings. The van der Waals surface area contributed by atoms with Gasteiger partial charge in [0, 0.05) is 19.2 Å². The van der Waals surface area contributed by atoms with Crippen LogP contribution in [0.3, 0.4) is 0 Å². The summed E-state index contributed by atoms with van der Waals surface area (Å²) in [6.45, 7) is 3.18. The summed E-state index contributed by atoms with van der Waals surface area (Å²) in [5.74, 6) is 0. The molecule has 0 aromatic heterocycles. The van der Waals surface area contributed by atoms with Gasteiger partial charge in [0.1, 0.15) is 6.07 Å². The fourth-order valence-electron chi connectivity index (χ4n) is 1.59. The van der Waals surface area contributed by atoms with Crippen LogP contribution in [0.1, 0.15) is 5.56 Å². The van der Waals surface area contributed by atoms with E-state index in [1.54, 1.807) is 6.07 Å². The first kappa shape index (κ1) is 9.04. The highest BCUT2D eigenvalue weighted by Gasteiger charge is 2.13. The minimum absolute atomic E-state index is 0.620. The van der Waals surface area contributed by atoms with Gasteiger partial charge in [-0.25, -0.2) is 0 Å². The Labute approximate surface area is 83.5 Å². The van der Waals surface area contributed by atoms with Crippen molar-refractivity contribution in [3.8, 4) is 6.07 Å². The number of benzene rings is 1. The van der Waals surface area contributed by atoms with Crippen LogP contribution in [0.2, 0.25) is 0 Å². The Kier molecular flexibility index (Phi) is 2.66. The standard InChI is InChI=1S/C11H11N2O/c12-9-10-3-1-2-4-11(10)13-5-7-14-8-6-13/h1-2,4H,5-8H2. The molecule has 0 atom stereocenters. The van der Waals surface area contributed by atoms with Gasteiger partial charge in [0.25, 0.3) is 0 Å². The molecule has 0 saturated carbocycles. The molecule has 1 heterocycles. The van der Waals surface area contributed by atoms with E-state index in [0.29, 0.717) is 5.56 Å². The Morgan fingerprint density at radius 2 is 2.21 bits per heavy atom. The first-order chi connectivity index (χ1) is 6.92. The first-order valence-corrected chi connectivity index (χ1v) is 4.65. The Balaban J connectivity index is 2.26. The maximum Gasteiger partial charge on any atom is 0.102 e. The molecule has 1 aromatic carbocycles. The summed E-state index contributed by atoms with van der Waals surface area (Å²) >= 11 is 0. The zero-order chi connectivity index (χ0) is 9.80. The van der Waals surface area contributed by atoms with Gasteiger partial charge in [-0.05, 0) is 6.07 Å². The molecule has 14 heavy (non-hydrogen) atoms. The summed E-state index contributed by atoms with van der Waals surface area (Å²) in [6.07, 6.45) is 0. The highest BCUT2D eigenvalue weighted by atomic mass is 16.5. The van der Waals surface area contributed by atoms with Gasteiger partial charge in [0.15, 0.2) is 0 Å². The molecule has 1 aliphatic heterocycles. The van der Waals surface area contributed by atoms with Gasteiger partial charge in [-0.15, -0.1) is 0 Å². The van der Waals surface area contributed by atoms with Crippen molar-refractivity contribution >= 4 is 5.69 Å². The molecule has 0 spiro atoms. The maximum absolute atomic E-state index is 8.91. The van der Waals surface area contributed by atoms with Crippen molar-refractivity contribution < 1.29 is 4.74 Å². The van der Waals surface area contributed by atoms with Gasteiger partial charge in [-0.3, -0.25) is 0 Å². The maximum atomic E-state index is 8.91. The van der Waals surface area contributed by atoms with Crippen LogP contribution in [0.25, 0.3) is 0 Å². The Morgan fingerprint density at radius 1 is 1.43 bits per heavy atom. The van der Waals surface area contributed by atoms with Gasteiger partial charge in [0.2, 0.25) is 0 Å². The molecule has 0 bridgehead atoms. The summed E-state index contributed by atoms with van der Waals surface area (Å²) in [5, 5.41) is 8.91. The van der Waals surface area contributed by atoms with Gasteiger partial charge in [-0.1, -0.05) is 12.1 Å². The number of rotatable bonds is 1. The molecular formula is C11H11N2O. The Bertz CT molecular complexity index is 351. The number of hydrogen-bond donors (Lipinski definition) is 0. The van der Waals surface area contributed by atoms with Crippen LogP contribution in [0.4, 0.5) is 5.69 Å². The average Bonchev–Trinajstić information content (AvgIpc) is 2.30. The van der Waals surface area contributed by atoms with E-state index in [0.717, 1.165) is 32.0 Å². The van der Waals surface area contributed by atoms with E-state index in [4.69, 9.17) is 10.00 Å². The summed E-state index contributed by atoms with van der Waals surface area (Å²) in [5.41, 5.74) is 1.59. The number of hydrogen-bond acceptors (Lipinski definition) is 3. The predicted octanol–water partition coefficient (Wildman–Crippen LogP) is 1.20. The first-order valence-electron chi connectivity index (χ1n) is 4.65. The SMILES string of the molecule is N#Cc1[c]cccc1N1CCOCC1. The zero-order valence-electron chi connectivity index (χ0n) is 7.86. The number of nitriles is 1. The normalized spacial score (nSPS) is 16.4. The molecule has 0 amide bonds. The topological polar surface area (TPSA) is 36.3 Å². The molecule has 0 unspecified atom stereocenters. The summed E-state index contributed by atoms with van der Waals surface area (Å²) in [6, 6.07) is 10.7. The van der Waals surface area contributed by atoms with Gasteiger partial charge >= 0.3 is 0 Å². The lowest BCUT2D eigenvalue weighted by atomic mass is 10.1. The molecule has 2 rings (SSSR count). The van der Waals surface area contributed by atoms with E-state index >= 15 is 0 Å². The van der Waals surface area contributed by atoms with Gasteiger partial charge in [0.05, 0.1) is 24.5 Å². The van der Waals surface area contributed by atoms with Crippen LogP contribution in [-0.4, -0.2) is 26.3 Å². The number of anilines is 1. The summed E-state index contributed by atoms with van der Waals surface area (Å²) < 4.78 is 5.26. The second-order valence-corrected chi connectivity index (χ2v) is 3.14. The highest BCUT2D eigenvalue weighted by molar-refractivity contribution is 5.58. The molecular weight excluding hydrogens is 176 g/mol. The Hall–Kier alpha value is -1.53. The molecule has 1 aliphatic rings. The van der Waals surface area contributed by atoms with Gasteiger partial charge in [-0.2, -0.15) is 5.26 Å². The van der Waals surface area contributed by atoms with E-state index in [1.165, 1.54) is 0 Å². The largest absolute Gasteiger partial charge is 0.378 e. The number of ether oxygens (including phenoxy) is 1. The van der Waals surface area contributed by atoms with Crippen molar-refractivity contribution in [2.45, 2.75) is 0 Å². The third-order valence-electron chi connectivity index (χ3n) is 2.30. The highest BCUT2D eigenvalue weighted by Crippen LogP contribution is 2.19. The molecule has 1 radical (unpaired) electrons. The van der Waals surface area contributed by atoms with E-state index in [-0.39, 0.29) is 0 Å². The van der Waals surface area contributed by atoms with Crippen LogP contribution in [0.5, 0.6) is 0 Å². The van der Waals surface area contributed by atoms with E-state index in [1.807, 2.05) is 12.1 Å². The zero-order valence-corrected chi connectivity index (χ0v) is 7.86. The minimum atomic E-state index is 0.620. The molecule has 3 nitrogen and oxygen atoms in total. The molecule has 1 fully saturated rings. The van der Waals surface area contributed by atoms with E-state index < -0.39 is 0 Å². The second kappa shape index (κ2) is 4.12. The van der Waals surface area contributed by atoms with Crippen molar-refractivity contribution in [1.82, 2.24) is 0 Å². The average molecular weight is 187 g/mol. The van der Waals surface area contributed by atoms with Crippen LogP contribution >= 0.6 is 0 Å². The quantitative estimate of drug-likeness (QED) is 0.662. The lowest BCUT2D eigenvalue weighted by Gasteiger charge is -2.29. The fraction of sp³-hybridized carbons (Fsp3) is 0.364. The van der Waals surface area contributed by atoms with Crippen molar-refractivity contribution in [2.75, 3.05) is 31.2 Å². The van der Waals surface area contributed by atoms with Gasteiger partial charge < -0.3 is 9.64 Å². The smallest absolute Gasteiger partial charge is 0.102 e. The predicted molar refractivity (Wildman–Crippen MR) is 53.0 cm³/mol. The van der Waals surface area contributed by atoms with Crippen molar-refractivity contribution in [3.63, 3.8) is 0 Å². The van der Waals surface area contributed by atoms with Crippen LogP contribution in [0.15, 0.2) is 18.2 Å². The van der Waals surface area contributed by atoms with Crippen molar-refractivity contribution in [1.29, 1.82) is 5.26 Å². The van der Waals surface area contributed by atoms with Crippen LogP contribution in [-0.2, 0) is 4.74 Å². The monoisotopic (exact) mass is 187 g/mol. The fourth-order valence-corrected chi connectivity index (χ4v) is 1.59. The summed E-state index contributed by atoms with van der Waals surface area (Å²) in [4.78, 5) is 2.17. The minimum Gasteiger partial charge on any atom is -0.378 e. The van der Waals surface area contributed by atoms with Crippen molar-refractivity contribution in [2.24, 2.45) is 0 Å². The third kappa shape index (κ3) is 1.70. The second-order valence-electron chi connectivity index (χ2n) is 3.14. The van der Waals surface area contributed by atoms with Crippen LogP contribution in [0, 0.1) is 17.4 Å². The van der Waals surface area contributed by atoms with Crippen LogP contribution < -0.4 is 4.90 Å². The molecule has 1 saturated heterocycles. The lowest BCUT2D eigenvalue weighted by molar-refractivity contribution is 0.122. The number of morpholine rings is 1. The van der Waals surface area contributed by atoms with E-state index in [9.17, 15) is 0 Å².